The molecule has 0 saturated carbocycles. The van der Waals surface area contributed by atoms with Crippen LogP contribution in [0.4, 0.5) is 26.7 Å². The van der Waals surface area contributed by atoms with Crippen LogP contribution >= 0.6 is 11.3 Å². The monoisotopic (exact) mass is 692 g/mol. The van der Waals surface area contributed by atoms with Gasteiger partial charge in [-0.2, -0.15) is 0 Å². The van der Waals surface area contributed by atoms with E-state index in [1.165, 1.54) is 11.9 Å². The lowest BCUT2D eigenvalue weighted by Gasteiger charge is -2.26. The molecule has 4 N–H and O–H groups in total. The van der Waals surface area contributed by atoms with Gasteiger partial charge in [-0.3, -0.25) is 24.8 Å². The maximum absolute atomic E-state index is 13.0. The lowest BCUT2D eigenvalue weighted by atomic mass is 10.1. The Bertz CT molecular complexity index is 1840. The summed E-state index contributed by atoms with van der Waals surface area (Å²) in [5.74, 6) is 0.635. The Morgan fingerprint density at radius 1 is 0.837 bits per heavy atom. The zero-order valence-corrected chi connectivity index (χ0v) is 29.2. The zero-order chi connectivity index (χ0) is 35.9. The van der Waals surface area contributed by atoms with Gasteiger partial charge in [0.15, 0.2) is 6.61 Å². The Labute approximate surface area is 287 Å². The number of amides is 3. The Morgan fingerprint density at radius 3 is 2.04 bits per heavy atom. The van der Waals surface area contributed by atoms with E-state index in [-0.39, 0.29) is 17.4 Å². The number of nitrogens with one attached hydrogen (secondary N) is 3. The molecule has 3 amide bonds. The lowest BCUT2D eigenvalue weighted by molar-refractivity contribution is -0.118. The topological polar surface area (TPSA) is 169 Å². The van der Waals surface area contributed by atoms with Crippen molar-refractivity contribution in [1.82, 2.24) is 4.98 Å². The summed E-state index contributed by atoms with van der Waals surface area (Å²) < 4.78 is 22.5. The van der Waals surface area contributed by atoms with Crippen LogP contribution in [0, 0.1) is 0 Å². The Kier molecular flexibility index (Phi) is 11.2. The molecule has 0 atom stereocenters. The number of carbonyl (C=O) groups excluding carboxylic acids is 3. The number of H-pyrrole nitrogens is 1. The maximum atomic E-state index is 13.0. The number of rotatable bonds is 10. The smallest absolute Gasteiger partial charge is 0.414 e. The highest BCUT2D eigenvalue weighted by Crippen LogP contribution is 2.34. The fraction of sp³-hybridized carbons (Fsp3) is 0.314. The van der Waals surface area contributed by atoms with E-state index in [4.69, 9.17) is 18.9 Å². The molecule has 3 aromatic carbocycles. The molecule has 49 heavy (non-hydrogen) atoms. The molecule has 0 spiro atoms. The van der Waals surface area contributed by atoms with E-state index in [9.17, 15) is 24.3 Å². The number of anilines is 3. The third kappa shape index (κ3) is 11.3. The molecule has 4 aromatic rings. The van der Waals surface area contributed by atoms with Crippen LogP contribution in [0.3, 0.4) is 0 Å². The normalized spacial score (nSPS) is 11.3. The predicted octanol–water partition coefficient (Wildman–Crippen LogP) is 7.26. The first-order chi connectivity index (χ1) is 22.9. The molecule has 4 rings (SSSR count). The Hall–Kier alpha value is -5.50. The number of aromatic nitrogens is 1. The van der Waals surface area contributed by atoms with Gasteiger partial charge in [-0.25, -0.2) is 9.59 Å². The first-order valence-electron chi connectivity index (χ1n) is 15.3. The van der Waals surface area contributed by atoms with E-state index < -0.39 is 29.3 Å². The second-order valence-electron chi connectivity index (χ2n) is 12.9. The van der Waals surface area contributed by atoms with Crippen molar-refractivity contribution in [2.24, 2.45) is 0 Å². The average molecular weight is 693 g/mol. The summed E-state index contributed by atoms with van der Waals surface area (Å²) in [4.78, 5) is 53.3. The first kappa shape index (κ1) is 36.3. The number of hydrogen-bond donors (Lipinski definition) is 4. The van der Waals surface area contributed by atoms with Crippen molar-refractivity contribution in [3.63, 3.8) is 0 Å². The third-order valence-corrected chi connectivity index (χ3v) is 7.24. The molecule has 0 saturated heterocycles. The molecule has 0 radical (unpaired) electrons. The molecule has 13 nitrogen and oxygen atoms in total. The van der Waals surface area contributed by atoms with Crippen molar-refractivity contribution < 1.29 is 38.4 Å². The molecule has 0 fully saturated rings. The van der Waals surface area contributed by atoms with Gasteiger partial charge in [0.2, 0.25) is 5.88 Å². The predicted molar refractivity (Wildman–Crippen MR) is 187 cm³/mol. The number of thiazole rings is 1. The number of hydrogen-bond acceptors (Lipinski definition) is 10. The second-order valence-corrected chi connectivity index (χ2v) is 14.0. The molecule has 1 aromatic heterocycles. The largest absolute Gasteiger partial charge is 0.494 e. The third-order valence-electron chi connectivity index (χ3n) is 6.37. The van der Waals surface area contributed by atoms with E-state index in [0.717, 1.165) is 16.9 Å². The zero-order valence-electron chi connectivity index (χ0n) is 28.3. The number of nitrogens with zero attached hydrogens (tertiary/aromatic N) is 1. The van der Waals surface area contributed by atoms with E-state index in [1.807, 2.05) is 0 Å². The van der Waals surface area contributed by atoms with Gasteiger partial charge in [-0.1, -0.05) is 23.5 Å². The van der Waals surface area contributed by atoms with Crippen LogP contribution in [0.1, 0.15) is 52.0 Å². The van der Waals surface area contributed by atoms with Crippen molar-refractivity contribution in [3.05, 3.63) is 86.8 Å². The average Bonchev–Trinajstić information content (AvgIpc) is 3.32. The number of benzene rings is 3. The lowest BCUT2D eigenvalue weighted by Crippen LogP contribution is -2.34. The molecule has 0 aliphatic carbocycles. The molecular weight excluding hydrogens is 652 g/mol. The van der Waals surface area contributed by atoms with Gasteiger partial charge in [0, 0.05) is 25.2 Å². The van der Waals surface area contributed by atoms with Crippen LogP contribution in [-0.4, -0.2) is 53.0 Å². The summed E-state index contributed by atoms with van der Waals surface area (Å²) in [6.07, 6.45) is -0.863. The van der Waals surface area contributed by atoms with Crippen molar-refractivity contribution >= 4 is 46.5 Å². The summed E-state index contributed by atoms with van der Waals surface area (Å²) in [6, 6.07) is 18.4. The SMILES string of the molecule is CN(C(=O)OC(C)(C)C)c1cc(Oc2ccc(NC(=O)OC(C)(C)C)cc2)ccc1NC(=O)COc1ccc(Cc2sc(=O)[nH]c2O)cc1. The summed E-state index contributed by atoms with van der Waals surface area (Å²) in [5.41, 5.74) is 0.579. The van der Waals surface area contributed by atoms with Gasteiger partial charge in [0.05, 0.1) is 16.3 Å². The maximum Gasteiger partial charge on any atom is 0.414 e. The van der Waals surface area contributed by atoms with Gasteiger partial charge in [-0.05, 0) is 95.6 Å². The number of ether oxygens (including phenoxy) is 4. The van der Waals surface area contributed by atoms with Crippen molar-refractivity contribution in [3.8, 4) is 23.1 Å². The fourth-order valence-corrected chi connectivity index (χ4v) is 5.00. The first-order valence-corrected chi connectivity index (χ1v) is 16.1. The van der Waals surface area contributed by atoms with Crippen molar-refractivity contribution in [2.45, 2.75) is 59.2 Å². The van der Waals surface area contributed by atoms with Gasteiger partial charge in [-0.15, -0.1) is 0 Å². The van der Waals surface area contributed by atoms with Crippen LogP contribution in [0.25, 0.3) is 0 Å². The van der Waals surface area contributed by atoms with Gasteiger partial charge >= 0.3 is 17.1 Å². The molecule has 0 bridgehead atoms. The van der Waals surface area contributed by atoms with Crippen LogP contribution in [-0.2, 0) is 20.7 Å². The highest BCUT2D eigenvalue weighted by molar-refractivity contribution is 7.09. The van der Waals surface area contributed by atoms with Gasteiger partial charge in [0.25, 0.3) is 5.91 Å². The summed E-state index contributed by atoms with van der Waals surface area (Å²) in [6.45, 7) is 10.3. The standard InChI is InChI=1S/C35H40N4O9S/c1-34(2,3)47-31(42)36-22-10-14-24(15-11-22)46-25-16-17-26(27(19-25)39(7)33(44)48-35(4,5)6)37-29(40)20-45-23-12-8-21(9-13-23)18-28-30(41)38-32(43)49-28/h8-17,19,41H,18,20H2,1-7H3,(H,36,42)(H,37,40)(H,38,43). The number of carbonyl (C=O) groups is 3. The minimum Gasteiger partial charge on any atom is -0.494 e. The molecule has 0 aliphatic heterocycles. The van der Waals surface area contributed by atoms with E-state index in [0.29, 0.717) is 45.6 Å². The van der Waals surface area contributed by atoms with Gasteiger partial charge < -0.3 is 29.4 Å². The minimum absolute atomic E-state index is 0.147. The van der Waals surface area contributed by atoms with Crippen LogP contribution in [0.15, 0.2) is 71.5 Å². The molecular formula is C35H40N4O9S. The fourth-order valence-electron chi connectivity index (χ4n) is 4.25. The van der Waals surface area contributed by atoms with E-state index in [2.05, 4.69) is 15.6 Å². The molecule has 0 aliphatic rings. The minimum atomic E-state index is -0.761. The van der Waals surface area contributed by atoms with E-state index in [1.54, 1.807) is 108 Å². The van der Waals surface area contributed by atoms with Crippen molar-refractivity contribution in [2.75, 3.05) is 29.2 Å². The van der Waals surface area contributed by atoms with E-state index >= 15 is 0 Å². The number of aromatic hydroxyl groups is 1. The molecule has 260 valence electrons. The van der Waals surface area contributed by atoms with Crippen molar-refractivity contribution in [1.29, 1.82) is 0 Å². The summed E-state index contributed by atoms with van der Waals surface area (Å²) in [7, 11) is 1.52. The highest BCUT2D eigenvalue weighted by atomic mass is 32.1. The highest BCUT2D eigenvalue weighted by Gasteiger charge is 2.24. The summed E-state index contributed by atoms with van der Waals surface area (Å²) >= 11 is 0.938. The quantitative estimate of drug-likeness (QED) is 0.134. The Balaban J connectivity index is 1.44. The molecule has 0 unspecified atom stereocenters. The molecule has 1 heterocycles. The second kappa shape index (κ2) is 15.2. The molecule has 14 heteroatoms. The van der Waals surface area contributed by atoms with Crippen LogP contribution in [0.5, 0.6) is 23.1 Å². The van der Waals surface area contributed by atoms with Gasteiger partial charge in [0.1, 0.15) is 28.5 Å². The Morgan fingerprint density at radius 2 is 1.45 bits per heavy atom. The number of aromatic amines is 1. The van der Waals surface area contributed by atoms with Crippen LogP contribution < -0.4 is 29.9 Å². The van der Waals surface area contributed by atoms with Crippen LogP contribution in [0.2, 0.25) is 0 Å². The summed E-state index contributed by atoms with van der Waals surface area (Å²) in [5, 5.41) is 15.3.